The third-order valence-corrected chi connectivity index (χ3v) is 4.89. The first-order chi connectivity index (χ1) is 11.2. The number of carbonyl (C=O) groups is 1. The Kier molecular flexibility index (Phi) is 3.59. The molecule has 0 saturated carbocycles. The van der Waals surface area contributed by atoms with Gasteiger partial charge in [-0.15, -0.1) is 0 Å². The van der Waals surface area contributed by atoms with Gasteiger partial charge in [0.2, 0.25) is 5.91 Å². The highest BCUT2D eigenvalue weighted by Gasteiger charge is 2.31. The van der Waals surface area contributed by atoms with Crippen LogP contribution in [0.5, 0.6) is 0 Å². The summed E-state index contributed by atoms with van der Waals surface area (Å²) in [5.74, 6) is 0.810. The first-order valence-electron chi connectivity index (χ1n) is 8.17. The summed E-state index contributed by atoms with van der Waals surface area (Å²) in [5, 5.41) is 0.753. The fourth-order valence-electron chi connectivity index (χ4n) is 3.71. The topological polar surface area (TPSA) is 49.3 Å². The number of benzene rings is 1. The zero-order valence-electron chi connectivity index (χ0n) is 12.9. The number of anilines is 1. The molecule has 1 aromatic carbocycles. The molecule has 1 amide bonds. The van der Waals surface area contributed by atoms with Gasteiger partial charge in [0.1, 0.15) is 18.0 Å². The van der Waals surface area contributed by atoms with Gasteiger partial charge in [-0.25, -0.2) is 14.4 Å². The number of likely N-dealkylation sites (tertiary alicyclic amines) is 1. The van der Waals surface area contributed by atoms with Crippen molar-refractivity contribution in [3.05, 3.63) is 30.3 Å². The van der Waals surface area contributed by atoms with Crippen molar-refractivity contribution in [1.82, 2.24) is 14.9 Å². The van der Waals surface area contributed by atoms with Gasteiger partial charge in [0, 0.05) is 37.5 Å². The number of hydrogen-bond acceptors (Lipinski definition) is 4. The lowest BCUT2D eigenvalue weighted by Gasteiger charge is -2.37. The lowest BCUT2D eigenvalue weighted by atomic mass is 10.0. The van der Waals surface area contributed by atoms with Gasteiger partial charge < -0.3 is 9.80 Å². The molecule has 1 aromatic heterocycles. The molecule has 4 rings (SSSR count). The fourth-order valence-corrected chi connectivity index (χ4v) is 3.71. The van der Waals surface area contributed by atoms with E-state index in [0.29, 0.717) is 12.5 Å². The number of fused-ring (bicyclic) bond motifs is 1. The Hall–Kier alpha value is -2.24. The zero-order valence-corrected chi connectivity index (χ0v) is 12.9. The first kappa shape index (κ1) is 14.4. The third-order valence-electron chi connectivity index (χ3n) is 4.89. The van der Waals surface area contributed by atoms with Crippen LogP contribution in [0.4, 0.5) is 10.2 Å². The van der Waals surface area contributed by atoms with E-state index >= 15 is 0 Å². The lowest BCUT2D eigenvalue weighted by Crippen LogP contribution is -2.45. The van der Waals surface area contributed by atoms with Gasteiger partial charge in [-0.2, -0.15) is 0 Å². The van der Waals surface area contributed by atoms with E-state index in [1.54, 1.807) is 6.07 Å². The summed E-state index contributed by atoms with van der Waals surface area (Å²) in [6.45, 7) is 2.55. The first-order valence-corrected chi connectivity index (χ1v) is 8.17. The second kappa shape index (κ2) is 5.76. The molecule has 0 spiro atoms. The van der Waals surface area contributed by atoms with Crippen LogP contribution in [0.1, 0.15) is 25.7 Å². The minimum atomic E-state index is -0.272. The van der Waals surface area contributed by atoms with Crippen LogP contribution in [0.2, 0.25) is 0 Å². The molecule has 3 heterocycles. The molecule has 0 N–H and O–H groups in total. The van der Waals surface area contributed by atoms with Crippen molar-refractivity contribution >= 4 is 22.6 Å². The van der Waals surface area contributed by atoms with Gasteiger partial charge in [-0.3, -0.25) is 4.79 Å². The smallest absolute Gasteiger partial charge is 0.222 e. The highest BCUT2D eigenvalue weighted by atomic mass is 19.1. The second-order valence-electron chi connectivity index (χ2n) is 6.27. The molecule has 0 radical (unpaired) electrons. The Bertz CT molecular complexity index is 742. The van der Waals surface area contributed by atoms with Crippen LogP contribution in [-0.2, 0) is 4.79 Å². The van der Waals surface area contributed by atoms with Gasteiger partial charge in [-0.1, -0.05) is 0 Å². The van der Waals surface area contributed by atoms with Crippen LogP contribution in [0.25, 0.3) is 10.9 Å². The van der Waals surface area contributed by atoms with Crippen LogP contribution in [-0.4, -0.2) is 46.5 Å². The molecule has 2 saturated heterocycles. The number of hydrogen-bond donors (Lipinski definition) is 0. The number of halogens is 1. The largest absolute Gasteiger partial charge is 0.356 e. The van der Waals surface area contributed by atoms with Gasteiger partial charge in [0.25, 0.3) is 0 Å². The maximum absolute atomic E-state index is 13.6. The maximum atomic E-state index is 13.6. The van der Waals surface area contributed by atoms with E-state index in [0.717, 1.165) is 55.6 Å². The minimum absolute atomic E-state index is 0.272. The molecule has 23 heavy (non-hydrogen) atoms. The highest BCUT2D eigenvalue weighted by Crippen LogP contribution is 2.28. The minimum Gasteiger partial charge on any atom is -0.356 e. The molecule has 6 heteroatoms. The predicted molar refractivity (Wildman–Crippen MR) is 85.7 cm³/mol. The number of rotatable bonds is 2. The van der Waals surface area contributed by atoms with E-state index in [4.69, 9.17) is 0 Å². The SMILES string of the molecule is O=C1CCCN1C1CCN(c2ncnc3ccc(F)cc23)CC1. The Morgan fingerprint density at radius 3 is 2.70 bits per heavy atom. The molecule has 2 aliphatic rings. The maximum Gasteiger partial charge on any atom is 0.222 e. The molecule has 5 nitrogen and oxygen atoms in total. The number of amides is 1. The van der Waals surface area contributed by atoms with Crippen molar-refractivity contribution in [2.24, 2.45) is 0 Å². The van der Waals surface area contributed by atoms with Crippen molar-refractivity contribution in [3.8, 4) is 0 Å². The molecule has 120 valence electrons. The number of nitrogens with zero attached hydrogens (tertiary/aromatic N) is 4. The van der Waals surface area contributed by atoms with Crippen LogP contribution >= 0.6 is 0 Å². The van der Waals surface area contributed by atoms with Crippen molar-refractivity contribution in [1.29, 1.82) is 0 Å². The summed E-state index contributed by atoms with van der Waals surface area (Å²) >= 11 is 0. The Balaban J connectivity index is 1.54. The third kappa shape index (κ3) is 2.62. The van der Waals surface area contributed by atoms with Gasteiger partial charge >= 0.3 is 0 Å². The van der Waals surface area contributed by atoms with Crippen molar-refractivity contribution < 1.29 is 9.18 Å². The van der Waals surface area contributed by atoms with Crippen molar-refractivity contribution in [3.63, 3.8) is 0 Å². The van der Waals surface area contributed by atoms with Crippen LogP contribution in [0, 0.1) is 5.82 Å². The number of carbonyl (C=O) groups excluding carboxylic acids is 1. The van der Waals surface area contributed by atoms with Gasteiger partial charge in [0.15, 0.2) is 0 Å². The summed E-state index contributed by atoms with van der Waals surface area (Å²) in [6, 6.07) is 4.95. The molecule has 0 bridgehead atoms. The van der Waals surface area contributed by atoms with Gasteiger partial charge in [0.05, 0.1) is 5.52 Å². The van der Waals surface area contributed by atoms with Crippen molar-refractivity contribution in [2.75, 3.05) is 24.5 Å². The van der Waals surface area contributed by atoms with Crippen LogP contribution < -0.4 is 4.90 Å². The summed E-state index contributed by atoms with van der Waals surface area (Å²) < 4.78 is 13.6. The molecule has 0 aliphatic carbocycles. The highest BCUT2D eigenvalue weighted by molar-refractivity contribution is 5.89. The second-order valence-corrected chi connectivity index (χ2v) is 6.27. The van der Waals surface area contributed by atoms with Crippen LogP contribution in [0.15, 0.2) is 24.5 Å². The molecule has 2 aliphatic heterocycles. The van der Waals surface area contributed by atoms with E-state index in [1.807, 2.05) is 4.90 Å². The Morgan fingerprint density at radius 1 is 1.13 bits per heavy atom. The average molecular weight is 314 g/mol. The van der Waals surface area contributed by atoms with E-state index in [2.05, 4.69) is 14.9 Å². The normalized spacial score (nSPS) is 19.8. The standard InChI is InChI=1S/C17H19FN4O/c18-12-3-4-15-14(10-12)17(20-11-19-15)21-8-5-13(6-9-21)22-7-1-2-16(22)23/h3-4,10-11,13H,1-2,5-9H2. The van der Waals surface area contributed by atoms with Gasteiger partial charge in [-0.05, 0) is 37.5 Å². The molecule has 0 atom stereocenters. The molecular weight excluding hydrogens is 295 g/mol. The summed E-state index contributed by atoms with van der Waals surface area (Å²) in [7, 11) is 0. The Morgan fingerprint density at radius 2 is 1.96 bits per heavy atom. The number of aromatic nitrogens is 2. The summed E-state index contributed by atoms with van der Waals surface area (Å²) in [5.41, 5.74) is 0.758. The molecule has 0 unspecified atom stereocenters. The molecular formula is C17H19FN4O. The lowest BCUT2D eigenvalue weighted by molar-refractivity contribution is -0.130. The van der Waals surface area contributed by atoms with E-state index in [9.17, 15) is 9.18 Å². The fraction of sp³-hybridized carbons (Fsp3) is 0.471. The van der Waals surface area contributed by atoms with Crippen LogP contribution in [0.3, 0.4) is 0 Å². The average Bonchev–Trinajstić information content (AvgIpc) is 3.00. The monoisotopic (exact) mass is 314 g/mol. The van der Waals surface area contributed by atoms with E-state index in [1.165, 1.54) is 18.5 Å². The zero-order chi connectivity index (χ0) is 15.8. The quantitative estimate of drug-likeness (QED) is 0.854. The molecule has 2 aromatic rings. The summed E-state index contributed by atoms with van der Waals surface area (Å²) in [6.07, 6.45) is 5.08. The van der Waals surface area contributed by atoms with Crippen molar-refractivity contribution in [2.45, 2.75) is 31.7 Å². The Labute approximate surface area is 134 Å². The number of piperidine rings is 1. The predicted octanol–water partition coefficient (Wildman–Crippen LogP) is 2.36. The van der Waals surface area contributed by atoms with E-state index < -0.39 is 0 Å². The summed E-state index contributed by atoms with van der Waals surface area (Å²) in [4.78, 5) is 24.7. The van der Waals surface area contributed by atoms with E-state index in [-0.39, 0.29) is 11.7 Å². The molecule has 2 fully saturated rings.